The third-order valence-electron chi connectivity index (χ3n) is 4.06. The molecule has 0 amide bonds. The Balaban J connectivity index is 1.97. The van der Waals surface area contributed by atoms with Crippen LogP contribution in [-0.2, 0) is 6.42 Å². The van der Waals surface area contributed by atoms with Crippen molar-refractivity contribution in [1.29, 1.82) is 0 Å². The van der Waals surface area contributed by atoms with Crippen LogP contribution in [0.1, 0.15) is 58.6 Å². The topological polar surface area (TPSA) is 17.8 Å². The van der Waals surface area contributed by atoms with Gasteiger partial charge in [-0.15, -0.1) is 0 Å². The molecule has 0 bridgehead atoms. The van der Waals surface area contributed by atoms with E-state index >= 15 is 0 Å². The Bertz CT molecular complexity index is 352. The highest BCUT2D eigenvalue weighted by molar-refractivity contribution is 5.05. The summed E-state index contributed by atoms with van der Waals surface area (Å²) in [7, 11) is 0. The lowest BCUT2D eigenvalue weighted by Crippen LogP contribution is -2.08. The maximum atomic E-state index is 4.56. The molecule has 1 fully saturated rings. The smallest absolute Gasteiger partial charge is 0.0522 e. The fourth-order valence-corrected chi connectivity index (χ4v) is 2.99. The van der Waals surface area contributed by atoms with Crippen molar-refractivity contribution in [2.75, 3.05) is 0 Å². The van der Waals surface area contributed by atoms with Gasteiger partial charge in [-0.2, -0.15) is 5.10 Å². The van der Waals surface area contributed by atoms with E-state index in [0.29, 0.717) is 6.04 Å². The summed E-state index contributed by atoms with van der Waals surface area (Å²) >= 11 is 0. The third kappa shape index (κ3) is 3.11. The number of hydrogen-bond donors (Lipinski definition) is 0. The summed E-state index contributed by atoms with van der Waals surface area (Å²) in [6, 6.07) is 0.656. The van der Waals surface area contributed by atoms with Gasteiger partial charge in [-0.1, -0.05) is 27.7 Å². The second-order valence-corrected chi connectivity index (χ2v) is 6.40. The fraction of sp³-hybridized carbons (Fsp3) is 0.800. The minimum atomic E-state index is 0.656. The number of hydrogen-bond acceptors (Lipinski definition) is 1. The molecule has 1 aromatic rings. The van der Waals surface area contributed by atoms with Gasteiger partial charge in [-0.25, -0.2) is 0 Å². The first-order valence-electron chi connectivity index (χ1n) is 7.09. The number of nitrogens with zero attached hydrogens (tertiary/aromatic N) is 2. The molecular formula is C15H26N2. The molecule has 2 heteroatoms. The van der Waals surface area contributed by atoms with Crippen molar-refractivity contribution in [2.45, 2.75) is 59.4 Å². The van der Waals surface area contributed by atoms with Crippen LogP contribution in [0.25, 0.3) is 0 Å². The summed E-state index contributed by atoms with van der Waals surface area (Å²) in [6.07, 6.45) is 9.49. The van der Waals surface area contributed by atoms with Gasteiger partial charge in [0.15, 0.2) is 0 Å². The van der Waals surface area contributed by atoms with E-state index < -0.39 is 0 Å². The zero-order chi connectivity index (χ0) is 12.4. The molecule has 1 aliphatic rings. The maximum Gasteiger partial charge on any atom is 0.0522 e. The van der Waals surface area contributed by atoms with Crippen LogP contribution in [0.3, 0.4) is 0 Å². The van der Waals surface area contributed by atoms with Crippen LogP contribution >= 0.6 is 0 Å². The molecule has 0 aliphatic heterocycles. The lowest BCUT2D eigenvalue weighted by atomic mass is 9.94. The van der Waals surface area contributed by atoms with E-state index in [1.165, 1.54) is 24.8 Å². The molecule has 0 saturated heterocycles. The van der Waals surface area contributed by atoms with E-state index in [1.54, 1.807) is 0 Å². The summed E-state index contributed by atoms with van der Waals surface area (Å²) in [5.74, 6) is 2.45. The van der Waals surface area contributed by atoms with Crippen LogP contribution in [0.4, 0.5) is 0 Å². The van der Waals surface area contributed by atoms with Crippen molar-refractivity contribution >= 4 is 0 Å². The molecule has 2 rings (SSSR count). The molecule has 0 radical (unpaired) electrons. The van der Waals surface area contributed by atoms with Crippen molar-refractivity contribution in [3.8, 4) is 0 Å². The summed E-state index contributed by atoms with van der Waals surface area (Å²) in [6.45, 7) is 9.23. The Kier molecular flexibility index (Phi) is 3.90. The van der Waals surface area contributed by atoms with Crippen LogP contribution in [-0.4, -0.2) is 9.78 Å². The minimum absolute atomic E-state index is 0.656. The quantitative estimate of drug-likeness (QED) is 0.767. The maximum absolute atomic E-state index is 4.56. The highest BCUT2D eigenvalue weighted by Crippen LogP contribution is 2.38. The summed E-state index contributed by atoms with van der Waals surface area (Å²) in [5, 5.41) is 4.56. The molecule has 1 aliphatic carbocycles. The number of aromatic nitrogens is 2. The number of rotatable bonds is 4. The van der Waals surface area contributed by atoms with Gasteiger partial charge < -0.3 is 0 Å². The van der Waals surface area contributed by atoms with E-state index in [2.05, 4.69) is 49.9 Å². The van der Waals surface area contributed by atoms with Crippen LogP contribution in [0.15, 0.2) is 12.4 Å². The van der Waals surface area contributed by atoms with Crippen molar-refractivity contribution in [3.63, 3.8) is 0 Å². The average Bonchev–Trinajstić information content (AvgIpc) is 2.83. The highest BCUT2D eigenvalue weighted by atomic mass is 15.3. The molecule has 2 unspecified atom stereocenters. The van der Waals surface area contributed by atoms with Gasteiger partial charge in [-0.3, -0.25) is 4.68 Å². The highest BCUT2D eigenvalue weighted by Gasteiger charge is 2.28. The van der Waals surface area contributed by atoms with Gasteiger partial charge in [0, 0.05) is 6.20 Å². The summed E-state index contributed by atoms with van der Waals surface area (Å²) in [4.78, 5) is 0. The predicted octanol–water partition coefficient (Wildman–Crippen LogP) is 4.08. The van der Waals surface area contributed by atoms with E-state index in [9.17, 15) is 0 Å². The van der Waals surface area contributed by atoms with Crippen LogP contribution in [0.5, 0.6) is 0 Å². The largest absolute Gasteiger partial charge is 0.269 e. The van der Waals surface area contributed by atoms with Gasteiger partial charge in [0.1, 0.15) is 0 Å². The summed E-state index contributed by atoms with van der Waals surface area (Å²) in [5.41, 5.74) is 1.40. The monoisotopic (exact) mass is 234 g/mol. The normalized spacial score (nSPS) is 25.1. The van der Waals surface area contributed by atoms with Crippen molar-refractivity contribution in [2.24, 2.45) is 17.8 Å². The Morgan fingerprint density at radius 2 is 2.06 bits per heavy atom. The molecule has 0 N–H and O–H groups in total. The Morgan fingerprint density at radius 3 is 2.65 bits per heavy atom. The molecule has 1 saturated carbocycles. The average molecular weight is 234 g/mol. The van der Waals surface area contributed by atoms with Gasteiger partial charge in [-0.05, 0) is 49.0 Å². The fourth-order valence-electron chi connectivity index (χ4n) is 2.99. The van der Waals surface area contributed by atoms with E-state index in [0.717, 1.165) is 24.2 Å². The molecule has 2 nitrogen and oxygen atoms in total. The Hall–Kier alpha value is -0.790. The van der Waals surface area contributed by atoms with Gasteiger partial charge in [0.25, 0.3) is 0 Å². The minimum Gasteiger partial charge on any atom is -0.269 e. The third-order valence-corrected chi connectivity index (χ3v) is 4.06. The van der Waals surface area contributed by atoms with Crippen LogP contribution in [0, 0.1) is 17.8 Å². The zero-order valence-electron chi connectivity index (χ0n) is 11.7. The molecule has 0 spiro atoms. The molecular weight excluding hydrogens is 208 g/mol. The zero-order valence-corrected chi connectivity index (χ0v) is 11.7. The predicted molar refractivity (Wildman–Crippen MR) is 72.0 cm³/mol. The van der Waals surface area contributed by atoms with E-state index in [-0.39, 0.29) is 0 Å². The molecule has 1 aromatic heterocycles. The lowest BCUT2D eigenvalue weighted by Gasteiger charge is -2.14. The molecule has 0 aromatic carbocycles. The van der Waals surface area contributed by atoms with Crippen molar-refractivity contribution in [1.82, 2.24) is 9.78 Å². The standard InChI is InChI=1S/C15H26N2/c1-11(2)7-13-9-16-17(10-13)15-6-5-14(8-15)12(3)4/h9-12,14-15H,5-8H2,1-4H3. The second kappa shape index (κ2) is 5.24. The first-order chi connectivity index (χ1) is 8.06. The van der Waals surface area contributed by atoms with Crippen molar-refractivity contribution < 1.29 is 0 Å². The molecule has 1 heterocycles. The summed E-state index contributed by atoms with van der Waals surface area (Å²) < 4.78 is 2.22. The second-order valence-electron chi connectivity index (χ2n) is 6.40. The van der Waals surface area contributed by atoms with E-state index in [4.69, 9.17) is 0 Å². The molecule has 17 heavy (non-hydrogen) atoms. The van der Waals surface area contributed by atoms with Gasteiger partial charge in [0.05, 0.1) is 12.2 Å². The Morgan fingerprint density at radius 1 is 1.29 bits per heavy atom. The SMILES string of the molecule is CC(C)Cc1cnn(C2CCC(C(C)C)C2)c1. The lowest BCUT2D eigenvalue weighted by molar-refractivity contribution is 0.368. The first kappa shape index (κ1) is 12.7. The van der Waals surface area contributed by atoms with Gasteiger partial charge >= 0.3 is 0 Å². The van der Waals surface area contributed by atoms with E-state index in [1.807, 2.05) is 0 Å². The van der Waals surface area contributed by atoms with Crippen LogP contribution < -0.4 is 0 Å². The first-order valence-corrected chi connectivity index (χ1v) is 7.09. The van der Waals surface area contributed by atoms with Crippen molar-refractivity contribution in [3.05, 3.63) is 18.0 Å². The Labute approximate surface area is 105 Å². The van der Waals surface area contributed by atoms with Gasteiger partial charge in [0.2, 0.25) is 0 Å². The molecule has 2 atom stereocenters. The molecule has 96 valence electrons. The van der Waals surface area contributed by atoms with Crippen LogP contribution in [0.2, 0.25) is 0 Å².